The number of hydrogen-bond acceptors (Lipinski definition) is 8. The number of nitriles is 1. The number of anilines is 1. The molecule has 286 valence electrons. The minimum Gasteiger partial charge on any atom is -0.489 e. The molecule has 2 atom stereocenters. The fourth-order valence-electron chi connectivity index (χ4n) is 6.81. The second-order valence-electron chi connectivity index (χ2n) is 14.4. The Labute approximate surface area is 323 Å². The molecule has 0 aliphatic carbocycles. The largest absolute Gasteiger partial charge is 0.489 e. The van der Waals surface area contributed by atoms with E-state index in [-0.39, 0.29) is 41.1 Å². The van der Waals surface area contributed by atoms with Crippen molar-refractivity contribution in [3.8, 4) is 11.8 Å². The van der Waals surface area contributed by atoms with Gasteiger partial charge in [-0.15, -0.1) is 19.2 Å². The SMILES string of the molecule is C=CC.CC(=O)S.CC(C)C1(C)CN(Cc2ccc(COc3cccc4c3CN(C3CCC(=O)NC3=O)C4=O)cc2)CCN(c2ccc(C#N)cc2F)C1. The summed E-state index contributed by atoms with van der Waals surface area (Å²) in [6, 6.07) is 19.8. The van der Waals surface area contributed by atoms with Crippen molar-refractivity contribution in [2.45, 2.75) is 73.2 Å². The van der Waals surface area contributed by atoms with Crippen LogP contribution in [0, 0.1) is 28.5 Å². The maximum absolute atomic E-state index is 15.0. The Morgan fingerprint density at radius 1 is 1.11 bits per heavy atom. The van der Waals surface area contributed by atoms with E-state index in [0.717, 1.165) is 37.3 Å². The zero-order chi connectivity index (χ0) is 39.6. The van der Waals surface area contributed by atoms with Crippen LogP contribution < -0.4 is 15.0 Å². The van der Waals surface area contributed by atoms with Crippen LogP contribution in [0.3, 0.4) is 0 Å². The monoisotopic (exact) mass is 755 g/mol. The maximum Gasteiger partial charge on any atom is 0.255 e. The van der Waals surface area contributed by atoms with Crippen LogP contribution in [-0.4, -0.2) is 64.9 Å². The van der Waals surface area contributed by atoms with Crippen molar-refractivity contribution < 1.29 is 28.3 Å². The first-order valence-corrected chi connectivity index (χ1v) is 18.5. The topological polar surface area (TPSA) is 123 Å². The van der Waals surface area contributed by atoms with Gasteiger partial charge in [-0.2, -0.15) is 5.26 Å². The van der Waals surface area contributed by atoms with Crippen LogP contribution in [0.15, 0.2) is 73.3 Å². The van der Waals surface area contributed by atoms with Crippen LogP contribution >= 0.6 is 12.6 Å². The third-order valence-corrected chi connectivity index (χ3v) is 10.00. The maximum atomic E-state index is 15.0. The molecule has 0 aromatic heterocycles. The minimum absolute atomic E-state index is 0.0737. The predicted molar refractivity (Wildman–Crippen MR) is 210 cm³/mol. The molecule has 1 N–H and O–H groups in total. The number of amides is 3. The number of halogens is 1. The van der Waals surface area contributed by atoms with E-state index in [1.54, 1.807) is 30.3 Å². The number of ether oxygens (including phenoxy) is 1. The first-order valence-electron chi connectivity index (χ1n) is 18.1. The Balaban J connectivity index is 0.000000858. The number of nitrogens with zero attached hydrogens (tertiary/aromatic N) is 4. The third kappa shape index (κ3) is 10.6. The molecular weight excluding hydrogens is 706 g/mol. The van der Waals surface area contributed by atoms with Gasteiger partial charge in [-0.25, -0.2) is 4.39 Å². The van der Waals surface area contributed by atoms with Crippen LogP contribution in [0.1, 0.15) is 80.1 Å². The van der Waals surface area contributed by atoms with Crippen molar-refractivity contribution >= 4 is 41.2 Å². The fraction of sp³-hybridized carbons (Fsp3) is 0.405. The van der Waals surface area contributed by atoms with E-state index in [0.29, 0.717) is 48.1 Å². The average Bonchev–Trinajstić information content (AvgIpc) is 3.35. The molecular formula is C42H50FN5O5S. The van der Waals surface area contributed by atoms with Crippen LogP contribution in [0.4, 0.5) is 10.1 Å². The minimum atomic E-state index is -0.671. The molecule has 3 aromatic rings. The fourth-order valence-corrected chi connectivity index (χ4v) is 6.81. The summed E-state index contributed by atoms with van der Waals surface area (Å²) >= 11 is 3.33. The molecule has 2 unspecified atom stereocenters. The molecule has 54 heavy (non-hydrogen) atoms. The Morgan fingerprint density at radius 2 is 1.78 bits per heavy atom. The van der Waals surface area contributed by atoms with Gasteiger partial charge in [-0.3, -0.25) is 29.4 Å². The number of imide groups is 1. The van der Waals surface area contributed by atoms with Gasteiger partial charge in [-0.1, -0.05) is 57.2 Å². The predicted octanol–water partition coefficient (Wildman–Crippen LogP) is 6.68. The number of fused-ring (bicyclic) bond motifs is 1. The molecule has 0 bridgehead atoms. The van der Waals surface area contributed by atoms with Crippen molar-refractivity contribution in [3.63, 3.8) is 0 Å². The summed E-state index contributed by atoms with van der Waals surface area (Å²) in [5.41, 5.74) is 4.22. The highest BCUT2D eigenvalue weighted by Crippen LogP contribution is 2.36. The Kier molecular flexibility index (Phi) is 14.6. The van der Waals surface area contributed by atoms with Gasteiger partial charge in [0.1, 0.15) is 24.2 Å². The average molecular weight is 756 g/mol. The van der Waals surface area contributed by atoms with Gasteiger partial charge >= 0.3 is 0 Å². The number of nitrogens with one attached hydrogen (secondary N) is 1. The molecule has 3 aromatic carbocycles. The lowest BCUT2D eigenvalue weighted by molar-refractivity contribution is -0.137. The molecule has 0 radical (unpaired) electrons. The molecule has 3 heterocycles. The number of thiol groups is 1. The van der Waals surface area contributed by atoms with Gasteiger partial charge in [0.05, 0.1) is 23.9 Å². The molecule has 6 rings (SSSR count). The zero-order valence-corrected chi connectivity index (χ0v) is 32.6. The summed E-state index contributed by atoms with van der Waals surface area (Å²) in [5.74, 6) is -0.352. The summed E-state index contributed by atoms with van der Waals surface area (Å²) in [4.78, 5) is 52.6. The van der Waals surface area contributed by atoms with Gasteiger partial charge in [0.2, 0.25) is 11.8 Å². The quantitative estimate of drug-likeness (QED) is 0.149. The lowest BCUT2D eigenvalue weighted by Crippen LogP contribution is -2.52. The number of piperidine rings is 1. The number of carbonyl (C=O) groups is 4. The molecule has 12 heteroatoms. The molecule has 10 nitrogen and oxygen atoms in total. The number of allylic oxidation sites excluding steroid dienone is 1. The van der Waals surface area contributed by atoms with E-state index in [2.05, 4.69) is 79.4 Å². The van der Waals surface area contributed by atoms with Gasteiger partial charge in [0.25, 0.3) is 5.91 Å². The van der Waals surface area contributed by atoms with Crippen molar-refractivity contribution in [3.05, 3.63) is 107 Å². The molecule has 2 saturated heterocycles. The highest BCUT2D eigenvalue weighted by atomic mass is 32.1. The van der Waals surface area contributed by atoms with Crippen LogP contribution in [0.25, 0.3) is 0 Å². The normalized spacial score (nSPS) is 19.7. The summed E-state index contributed by atoms with van der Waals surface area (Å²) in [6.07, 6.45) is 2.27. The van der Waals surface area contributed by atoms with E-state index in [1.807, 2.05) is 19.1 Å². The number of rotatable bonds is 8. The van der Waals surface area contributed by atoms with Crippen molar-refractivity contribution in [2.24, 2.45) is 11.3 Å². The number of carbonyl (C=O) groups excluding carboxylic acids is 4. The molecule has 3 aliphatic heterocycles. The molecule has 0 spiro atoms. The van der Waals surface area contributed by atoms with E-state index < -0.39 is 11.9 Å². The summed E-state index contributed by atoms with van der Waals surface area (Å²) < 4.78 is 21.2. The van der Waals surface area contributed by atoms with Crippen LogP contribution in [0.2, 0.25) is 0 Å². The highest BCUT2D eigenvalue weighted by Gasteiger charge is 2.40. The van der Waals surface area contributed by atoms with Gasteiger partial charge in [0, 0.05) is 62.6 Å². The highest BCUT2D eigenvalue weighted by molar-refractivity contribution is 7.96. The Hall–Kier alpha value is -4.99. The zero-order valence-electron chi connectivity index (χ0n) is 31.7. The summed E-state index contributed by atoms with van der Waals surface area (Å²) in [5, 5.41) is 11.4. The molecule has 3 aliphatic rings. The van der Waals surface area contributed by atoms with Crippen LogP contribution in [-0.2, 0) is 34.1 Å². The smallest absolute Gasteiger partial charge is 0.255 e. The lowest BCUT2D eigenvalue weighted by atomic mass is 9.78. The molecule has 2 fully saturated rings. The van der Waals surface area contributed by atoms with Gasteiger partial charge in [0.15, 0.2) is 5.12 Å². The Bertz CT molecular complexity index is 1890. The van der Waals surface area contributed by atoms with E-state index >= 15 is 4.39 Å². The lowest BCUT2D eigenvalue weighted by Gasteiger charge is -2.38. The van der Waals surface area contributed by atoms with Crippen molar-refractivity contribution in [1.82, 2.24) is 15.1 Å². The van der Waals surface area contributed by atoms with E-state index in [1.165, 1.54) is 23.5 Å². The van der Waals surface area contributed by atoms with Crippen molar-refractivity contribution in [2.75, 3.05) is 31.1 Å². The number of benzene rings is 3. The molecule has 3 amide bonds. The van der Waals surface area contributed by atoms with Gasteiger partial charge in [-0.05, 0) is 60.7 Å². The first-order chi connectivity index (χ1) is 25.7. The standard InChI is InChI=1S/C37H40FN5O4.C3H6.C2H4OS/c1-24(2)37(3)22-41(15-16-42(23-37)31-12-11-27(18-39)17-30(31)38)19-25-7-9-26(10-8-25)21-47-33-6-4-5-28-29(33)20-43(36(28)46)32-13-14-34(44)40-35(32)45;1-3-2;1-2(3)4/h4-12,17,24,32H,13-16,19-23H2,1-3H3,(H,40,44,45);3H,1H2,2H3;1H3,(H,3,4). The second-order valence-corrected chi connectivity index (χ2v) is 15.1. The number of hydrogen-bond donors (Lipinski definition) is 2. The Morgan fingerprint density at radius 3 is 2.39 bits per heavy atom. The third-order valence-electron chi connectivity index (χ3n) is 10.00. The van der Waals surface area contributed by atoms with E-state index in [9.17, 15) is 19.2 Å². The molecule has 0 saturated carbocycles. The van der Waals surface area contributed by atoms with Gasteiger partial charge < -0.3 is 14.5 Å². The van der Waals surface area contributed by atoms with Crippen LogP contribution in [0.5, 0.6) is 5.75 Å². The summed E-state index contributed by atoms with van der Waals surface area (Å²) in [7, 11) is 0. The first kappa shape index (κ1) is 41.8. The summed E-state index contributed by atoms with van der Waals surface area (Å²) in [6.45, 7) is 17.7. The van der Waals surface area contributed by atoms with E-state index in [4.69, 9.17) is 10.00 Å². The second kappa shape index (κ2) is 18.9. The van der Waals surface area contributed by atoms with Crippen molar-refractivity contribution in [1.29, 1.82) is 5.26 Å².